The number of nitrogens with zero attached hydrogens (tertiary/aromatic N) is 1. The van der Waals surface area contributed by atoms with Crippen molar-refractivity contribution in [1.29, 1.82) is 0 Å². The Kier molecular flexibility index (Phi) is 6.66. The monoisotopic (exact) mass is 313 g/mol. The number of nitrogens with two attached hydrogens (primary N) is 1. The second kappa shape index (κ2) is 7.81. The molecule has 1 heterocycles. The molecule has 6 heteroatoms. The Morgan fingerprint density at radius 2 is 2.00 bits per heavy atom. The van der Waals surface area contributed by atoms with Gasteiger partial charge < -0.3 is 20.7 Å². The summed E-state index contributed by atoms with van der Waals surface area (Å²) in [6.45, 7) is 11.3. The van der Waals surface area contributed by atoms with Crippen molar-refractivity contribution in [3.63, 3.8) is 0 Å². The molecule has 1 aliphatic rings. The maximum absolute atomic E-state index is 12.1. The zero-order chi connectivity index (χ0) is 16.9. The van der Waals surface area contributed by atoms with Gasteiger partial charge in [0, 0.05) is 19.6 Å². The van der Waals surface area contributed by atoms with E-state index in [2.05, 4.69) is 5.32 Å². The first-order valence-electron chi connectivity index (χ1n) is 8.11. The molecule has 0 aromatic heterocycles. The van der Waals surface area contributed by atoms with Crippen LogP contribution in [0.3, 0.4) is 0 Å². The highest BCUT2D eigenvalue weighted by atomic mass is 16.6. The molecule has 1 saturated heterocycles. The Bertz CT molecular complexity index is 391. The van der Waals surface area contributed by atoms with Crippen LogP contribution in [-0.2, 0) is 9.53 Å². The predicted molar refractivity (Wildman–Crippen MR) is 86.4 cm³/mol. The van der Waals surface area contributed by atoms with Crippen molar-refractivity contribution in [2.45, 2.75) is 59.1 Å². The minimum absolute atomic E-state index is 0.115. The van der Waals surface area contributed by atoms with Crippen LogP contribution in [0.4, 0.5) is 4.79 Å². The van der Waals surface area contributed by atoms with E-state index < -0.39 is 11.6 Å². The summed E-state index contributed by atoms with van der Waals surface area (Å²) >= 11 is 0. The Labute approximate surface area is 133 Å². The summed E-state index contributed by atoms with van der Waals surface area (Å²) in [5.74, 6) is 0.249. The van der Waals surface area contributed by atoms with Gasteiger partial charge in [0.05, 0.1) is 6.04 Å². The average Bonchev–Trinajstić information content (AvgIpc) is 2.42. The van der Waals surface area contributed by atoms with E-state index in [-0.39, 0.29) is 23.8 Å². The number of nitrogens with one attached hydrogen (secondary N) is 1. The van der Waals surface area contributed by atoms with Crippen LogP contribution in [0.15, 0.2) is 0 Å². The molecule has 1 aliphatic heterocycles. The molecule has 2 amide bonds. The fraction of sp³-hybridized carbons (Fsp3) is 0.875. The molecule has 1 fully saturated rings. The van der Waals surface area contributed by atoms with Gasteiger partial charge in [-0.3, -0.25) is 4.79 Å². The lowest BCUT2D eigenvalue weighted by molar-refractivity contribution is -0.123. The first-order chi connectivity index (χ1) is 10.1. The van der Waals surface area contributed by atoms with Crippen LogP contribution in [0.2, 0.25) is 0 Å². The molecule has 0 aromatic carbocycles. The molecule has 128 valence electrons. The second-order valence-electron chi connectivity index (χ2n) is 7.45. The van der Waals surface area contributed by atoms with Crippen molar-refractivity contribution >= 4 is 12.0 Å². The lowest BCUT2D eigenvalue weighted by Crippen LogP contribution is -2.48. The summed E-state index contributed by atoms with van der Waals surface area (Å²) in [4.78, 5) is 25.7. The SMILES string of the molecule is CC(C)[C@H](N)C(=O)NC[C@@H]1CCCN(C(=O)OC(C)(C)C)C1. The van der Waals surface area contributed by atoms with Crippen LogP contribution < -0.4 is 11.1 Å². The fourth-order valence-corrected chi connectivity index (χ4v) is 2.39. The molecule has 0 aliphatic carbocycles. The standard InChI is InChI=1S/C16H31N3O3/c1-11(2)13(17)14(20)18-9-12-7-6-8-19(10-12)15(21)22-16(3,4)5/h11-13H,6-10,17H2,1-5H3,(H,18,20)/t12-,13-/m0/s1. The predicted octanol–water partition coefficient (Wildman–Crippen LogP) is 1.73. The Morgan fingerprint density at radius 3 is 2.55 bits per heavy atom. The molecule has 2 atom stereocenters. The van der Waals surface area contributed by atoms with Crippen LogP contribution in [0.5, 0.6) is 0 Å². The van der Waals surface area contributed by atoms with E-state index in [1.807, 2.05) is 34.6 Å². The smallest absolute Gasteiger partial charge is 0.410 e. The van der Waals surface area contributed by atoms with Crippen LogP contribution in [0, 0.1) is 11.8 Å². The van der Waals surface area contributed by atoms with Gasteiger partial charge in [-0.1, -0.05) is 13.8 Å². The normalized spacial score (nSPS) is 20.7. The van der Waals surface area contributed by atoms with Crippen LogP contribution in [-0.4, -0.2) is 48.2 Å². The van der Waals surface area contributed by atoms with Crippen LogP contribution in [0.25, 0.3) is 0 Å². The number of piperidine rings is 1. The number of carbonyl (C=O) groups is 2. The molecule has 22 heavy (non-hydrogen) atoms. The van der Waals surface area contributed by atoms with E-state index in [9.17, 15) is 9.59 Å². The molecular weight excluding hydrogens is 282 g/mol. The molecule has 1 rings (SSSR count). The highest BCUT2D eigenvalue weighted by Gasteiger charge is 2.28. The minimum Gasteiger partial charge on any atom is -0.444 e. The average molecular weight is 313 g/mol. The lowest BCUT2D eigenvalue weighted by Gasteiger charge is -2.34. The number of hydrogen-bond acceptors (Lipinski definition) is 4. The third-order valence-corrected chi connectivity index (χ3v) is 3.76. The fourth-order valence-electron chi connectivity index (χ4n) is 2.39. The summed E-state index contributed by atoms with van der Waals surface area (Å²) in [6.07, 6.45) is 1.65. The third kappa shape index (κ3) is 6.22. The van der Waals surface area contributed by atoms with E-state index in [0.717, 1.165) is 12.8 Å². The number of carbonyl (C=O) groups excluding carboxylic acids is 2. The number of amides is 2. The van der Waals surface area contributed by atoms with Crippen molar-refractivity contribution in [2.75, 3.05) is 19.6 Å². The van der Waals surface area contributed by atoms with Gasteiger partial charge in [-0.25, -0.2) is 4.79 Å². The van der Waals surface area contributed by atoms with Gasteiger partial charge in [0.1, 0.15) is 5.60 Å². The number of likely N-dealkylation sites (tertiary alicyclic amines) is 1. The topological polar surface area (TPSA) is 84.7 Å². The zero-order valence-corrected chi connectivity index (χ0v) is 14.5. The van der Waals surface area contributed by atoms with E-state index >= 15 is 0 Å². The molecular formula is C16H31N3O3. The first kappa shape index (κ1) is 18.7. The summed E-state index contributed by atoms with van der Waals surface area (Å²) < 4.78 is 5.40. The van der Waals surface area contributed by atoms with Gasteiger partial charge in [0.25, 0.3) is 0 Å². The van der Waals surface area contributed by atoms with Gasteiger partial charge in [-0.05, 0) is 45.4 Å². The molecule has 0 unspecified atom stereocenters. The highest BCUT2D eigenvalue weighted by Crippen LogP contribution is 2.19. The van der Waals surface area contributed by atoms with Crippen LogP contribution >= 0.6 is 0 Å². The quantitative estimate of drug-likeness (QED) is 0.828. The summed E-state index contributed by atoms with van der Waals surface area (Å²) in [6, 6.07) is -0.481. The second-order valence-corrected chi connectivity index (χ2v) is 7.45. The highest BCUT2D eigenvalue weighted by molar-refractivity contribution is 5.81. The molecule has 0 saturated carbocycles. The minimum atomic E-state index is -0.484. The maximum Gasteiger partial charge on any atom is 0.410 e. The zero-order valence-electron chi connectivity index (χ0n) is 14.5. The van der Waals surface area contributed by atoms with Gasteiger partial charge in [-0.15, -0.1) is 0 Å². The molecule has 0 spiro atoms. The van der Waals surface area contributed by atoms with Crippen molar-refractivity contribution in [1.82, 2.24) is 10.2 Å². The molecule has 6 nitrogen and oxygen atoms in total. The van der Waals surface area contributed by atoms with Gasteiger partial charge in [0.15, 0.2) is 0 Å². The van der Waals surface area contributed by atoms with Crippen molar-refractivity contribution in [3.8, 4) is 0 Å². The Hall–Kier alpha value is -1.30. The molecule has 0 radical (unpaired) electrons. The number of hydrogen-bond donors (Lipinski definition) is 2. The van der Waals surface area contributed by atoms with E-state index in [1.54, 1.807) is 4.90 Å². The van der Waals surface area contributed by atoms with Gasteiger partial charge in [-0.2, -0.15) is 0 Å². The lowest BCUT2D eigenvalue weighted by atomic mass is 9.97. The van der Waals surface area contributed by atoms with Crippen molar-refractivity contribution in [3.05, 3.63) is 0 Å². The van der Waals surface area contributed by atoms with E-state index in [0.29, 0.717) is 19.6 Å². The Morgan fingerprint density at radius 1 is 1.36 bits per heavy atom. The number of ether oxygens (including phenoxy) is 1. The van der Waals surface area contributed by atoms with E-state index in [1.165, 1.54) is 0 Å². The van der Waals surface area contributed by atoms with Gasteiger partial charge in [0.2, 0.25) is 5.91 Å². The largest absolute Gasteiger partial charge is 0.444 e. The maximum atomic E-state index is 12.1. The summed E-state index contributed by atoms with van der Waals surface area (Å²) in [7, 11) is 0. The summed E-state index contributed by atoms with van der Waals surface area (Å²) in [5, 5.41) is 2.90. The first-order valence-corrected chi connectivity index (χ1v) is 8.11. The molecule has 0 bridgehead atoms. The Balaban J connectivity index is 2.44. The van der Waals surface area contributed by atoms with Gasteiger partial charge >= 0.3 is 6.09 Å². The molecule has 3 N–H and O–H groups in total. The van der Waals surface area contributed by atoms with E-state index in [4.69, 9.17) is 10.5 Å². The summed E-state index contributed by atoms with van der Waals surface area (Å²) in [5.41, 5.74) is 5.34. The van der Waals surface area contributed by atoms with Crippen molar-refractivity contribution < 1.29 is 14.3 Å². The number of rotatable bonds is 4. The van der Waals surface area contributed by atoms with Crippen molar-refractivity contribution in [2.24, 2.45) is 17.6 Å². The third-order valence-electron chi connectivity index (χ3n) is 3.76. The molecule has 0 aromatic rings. The van der Waals surface area contributed by atoms with Crippen LogP contribution in [0.1, 0.15) is 47.5 Å².